The molecule has 1 unspecified atom stereocenters. The standard InChI is InChI=1S/C28H31F3N4O7/c1-16-5-7-18(8-6-16)23(17(2)33-26(38)28(29,30)31)41-20-9-10-21(32-14-20)24(36)34-19-4-3-12-35(15-19)27(39)42-22-11-13-40-25(22)37/h5-10,14,17,19,22-23H,3-4,11-13,15H2,1-2H3,(H,33,38)(H,34,36)/t17?,19-,22-,23-/m0/s1. The number of hydrogen-bond acceptors (Lipinski definition) is 8. The highest BCUT2D eigenvalue weighted by Gasteiger charge is 2.40. The molecule has 3 amide bonds. The number of carbonyl (C=O) groups excluding carboxylic acids is 4. The molecule has 3 heterocycles. The van der Waals surface area contributed by atoms with Crippen LogP contribution < -0.4 is 15.4 Å². The Labute approximate surface area is 239 Å². The lowest BCUT2D eigenvalue weighted by Gasteiger charge is -2.32. The van der Waals surface area contributed by atoms with E-state index >= 15 is 0 Å². The van der Waals surface area contributed by atoms with Crippen molar-refractivity contribution in [3.63, 3.8) is 0 Å². The molecule has 2 fully saturated rings. The smallest absolute Gasteiger partial charge is 0.471 e. The molecular formula is C28H31F3N4O7. The molecule has 0 spiro atoms. The maximum Gasteiger partial charge on any atom is 0.471 e. The summed E-state index contributed by atoms with van der Waals surface area (Å²) in [5.74, 6) is -2.99. The molecule has 1 aromatic carbocycles. The SMILES string of the molecule is Cc1ccc([C@@H](Oc2ccc(C(=O)N[C@H]3CCCN(C(=O)O[C@H]4CCOC4=O)C3)nc2)C(C)NC(=O)C(F)(F)F)cc1. The van der Waals surface area contributed by atoms with Gasteiger partial charge in [-0.25, -0.2) is 14.6 Å². The summed E-state index contributed by atoms with van der Waals surface area (Å²) in [6.45, 7) is 4.06. The van der Waals surface area contributed by atoms with E-state index in [-0.39, 0.29) is 30.6 Å². The van der Waals surface area contributed by atoms with Crippen LogP contribution in [-0.4, -0.2) is 77.8 Å². The highest BCUT2D eigenvalue weighted by Crippen LogP contribution is 2.26. The van der Waals surface area contributed by atoms with Crippen molar-refractivity contribution in [1.29, 1.82) is 0 Å². The first-order valence-corrected chi connectivity index (χ1v) is 13.4. The predicted molar refractivity (Wildman–Crippen MR) is 140 cm³/mol. The number of rotatable bonds is 8. The van der Waals surface area contributed by atoms with Crippen LogP contribution in [0.5, 0.6) is 5.75 Å². The average molecular weight is 593 g/mol. The predicted octanol–water partition coefficient (Wildman–Crippen LogP) is 3.22. The van der Waals surface area contributed by atoms with E-state index in [1.54, 1.807) is 24.3 Å². The van der Waals surface area contributed by atoms with E-state index < -0.39 is 48.3 Å². The summed E-state index contributed by atoms with van der Waals surface area (Å²) < 4.78 is 54.5. The lowest BCUT2D eigenvalue weighted by molar-refractivity contribution is -0.174. The van der Waals surface area contributed by atoms with E-state index in [4.69, 9.17) is 14.2 Å². The van der Waals surface area contributed by atoms with Crippen LogP contribution in [0.25, 0.3) is 0 Å². The van der Waals surface area contributed by atoms with Crippen LogP contribution in [0, 0.1) is 6.92 Å². The lowest BCUT2D eigenvalue weighted by Crippen LogP contribution is -2.50. The van der Waals surface area contributed by atoms with Gasteiger partial charge in [0.15, 0.2) is 0 Å². The summed E-state index contributed by atoms with van der Waals surface area (Å²) in [7, 11) is 0. The molecule has 4 rings (SSSR count). The Bertz CT molecular complexity index is 1290. The van der Waals surface area contributed by atoms with E-state index in [1.807, 2.05) is 12.2 Å². The monoisotopic (exact) mass is 592 g/mol. The minimum Gasteiger partial charge on any atom is -0.482 e. The van der Waals surface area contributed by atoms with Crippen molar-refractivity contribution in [1.82, 2.24) is 20.5 Å². The van der Waals surface area contributed by atoms with Gasteiger partial charge in [-0.05, 0) is 44.4 Å². The number of alkyl halides is 3. The molecule has 42 heavy (non-hydrogen) atoms. The summed E-state index contributed by atoms with van der Waals surface area (Å²) in [6.07, 6.45) is -4.83. The Balaban J connectivity index is 1.37. The van der Waals surface area contributed by atoms with Crippen LogP contribution in [0.15, 0.2) is 42.6 Å². The number of likely N-dealkylation sites (tertiary alicyclic amines) is 1. The van der Waals surface area contributed by atoms with E-state index in [9.17, 15) is 32.3 Å². The normalized spacial score (nSPS) is 20.2. The summed E-state index contributed by atoms with van der Waals surface area (Å²) in [5.41, 5.74) is 1.52. The fourth-order valence-electron chi connectivity index (χ4n) is 4.61. The molecule has 1 aromatic heterocycles. The number of nitrogens with one attached hydrogen (secondary N) is 2. The molecule has 14 heteroatoms. The summed E-state index contributed by atoms with van der Waals surface area (Å²) >= 11 is 0. The second-order valence-electron chi connectivity index (χ2n) is 10.2. The van der Waals surface area contributed by atoms with Crippen LogP contribution in [-0.2, 0) is 19.1 Å². The van der Waals surface area contributed by atoms with Crippen LogP contribution in [0.3, 0.4) is 0 Å². The first kappa shape index (κ1) is 30.6. The van der Waals surface area contributed by atoms with E-state index in [2.05, 4.69) is 10.3 Å². The van der Waals surface area contributed by atoms with Gasteiger partial charge in [-0.3, -0.25) is 9.59 Å². The van der Waals surface area contributed by atoms with Gasteiger partial charge in [-0.15, -0.1) is 0 Å². The number of ether oxygens (including phenoxy) is 3. The quantitative estimate of drug-likeness (QED) is 0.446. The van der Waals surface area contributed by atoms with Crippen LogP contribution >= 0.6 is 0 Å². The van der Waals surface area contributed by atoms with Gasteiger partial charge in [0.25, 0.3) is 5.91 Å². The molecule has 11 nitrogen and oxygen atoms in total. The molecule has 0 aliphatic carbocycles. The van der Waals surface area contributed by atoms with Crippen molar-refractivity contribution in [2.45, 2.75) is 63.6 Å². The summed E-state index contributed by atoms with van der Waals surface area (Å²) in [6, 6.07) is 8.32. The third-order valence-corrected chi connectivity index (χ3v) is 6.85. The highest BCUT2D eigenvalue weighted by molar-refractivity contribution is 5.92. The number of pyridine rings is 1. The van der Waals surface area contributed by atoms with Gasteiger partial charge in [-0.1, -0.05) is 29.8 Å². The molecule has 2 saturated heterocycles. The van der Waals surface area contributed by atoms with Gasteiger partial charge >= 0.3 is 24.1 Å². The Morgan fingerprint density at radius 3 is 2.48 bits per heavy atom. The minimum absolute atomic E-state index is 0.0565. The van der Waals surface area contributed by atoms with Gasteiger partial charge in [0.05, 0.1) is 18.8 Å². The number of halogens is 3. The largest absolute Gasteiger partial charge is 0.482 e. The van der Waals surface area contributed by atoms with Gasteiger partial charge in [0.2, 0.25) is 6.10 Å². The molecule has 2 aliphatic heterocycles. The fraction of sp³-hybridized carbons (Fsp3) is 0.464. The number of piperidine rings is 1. The number of carbonyl (C=O) groups is 4. The number of hydrogen-bond donors (Lipinski definition) is 2. The van der Waals surface area contributed by atoms with Crippen LogP contribution in [0.4, 0.5) is 18.0 Å². The number of aryl methyl sites for hydroxylation is 1. The molecule has 4 atom stereocenters. The molecule has 2 aliphatic rings. The zero-order valence-corrected chi connectivity index (χ0v) is 23.0. The van der Waals surface area contributed by atoms with Gasteiger partial charge in [0.1, 0.15) is 17.5 Å². The molecule has 0 bridgehead atoms. The molecule has 0 radical (unpaired) electrons. The van der Waals surface area contributed by atoms with Crippen LogP contribution in [0.2, 0.25) is 0 Å². The highest BCUT2D eigenvalue weighted by atomic mass is 19.4. The van der Waals surface area contributed by atoms with Crippen molar-refractivity contribution >= 4 is 23.9 Å². The van der Waals surface area contributed by atoms with E-state index in [0.29, 0.717) is 31.4 Å². The maximum atomic E-state index is 12.9. The second-order valence-corrected chi connectivity index (χ2v) is 10.2. The summed E-state index contributed by atoms with van der Waals surface area (Å²) in [5, 5.41) is 4.76. The zero-order chi connectivity index (χ0) is 30.4. The molecular weight excluding hydrogens is 561 g/mol. The molecule has 0 saturated carbocycles. The first-order chi connectivity index (χ1) is 19.9. The Morgan fingerprint density at radius 2 is 1.86 bits per heavy atom. The third-order valence-electron chi connectivity index (χ3n) is 6.85. The summed E-state index contributed by atoms with van der Waals surface area (Å²) in [4.78, 5) is 54.0. The molecule has 2 N–H and O–H groups in total. The van der Waals surface area contributed by atoms with Crippen molar-refractivity contribution < 1.29 is 46.6 Å². The number of benzene rings is 1. The van der Waals surface area contributed by atoms with Crippen LogP contribution in [0.1, 0.15) is 53.9 Å². The zero-order valence-electron chi connectivity index (χ0n) is 23.0. The van der Waals surface area contributed by atoms with Crippen molar-refractivity contribution in [3.05, 3.63) is 59.4 Å². The van der Waals surface area contributed by atoms with Crippen molar-refractivity contribution in [3.8, 4) is 5.75 Å². The number of cyclic esters (lactones) is 1. The lowest BCUT2D eigenvalue weighted by atomic mass is 10.0. The number of nitrogens with zero attached hydrogens (tertiary/aromatic N) is 2. The van der Waals surface area contributed by atoms with Crippen molar-refractivity contribution in [2.24, 2.45) is 0 Å². The fourth-order valence-corrected chi connectivity index (χ4v) is 4.61. The third kappa shape index (κ3) is 7.89. The van der Waals surface area contributed by atoms with Crippen molar-refractivity contribution in [2.75, 3.05) is 19.7 Å². The average Bonchev–Trinajstić information content (AvgIpc) is 3.36. The molecule has 2 aromatic rings. The molecule has 226 valence electrons. The topological polar surface area (TPSA) is 136 Å². The van der Waals surface area contributed by atoms with E-state index in [1.165, 1.54) is 30.2 Å². The first-order valence-electron chi connectivity index (χ1n) is 13.4. The second kappa shape index (κ2) is 13.1. The Kier molecular flexibility index (Phi) is 9.53. The van der Waals surface area contributed by atoms with Gasteiger partial charge in [0, 0.05) is 25.6 Å². The maximum absolute atomic E-state index is 12.9. The Morgan fingerprint density at radius 1 is 1.12 bits per heavy atom. The Hall–Kier alpha value is -4.36. The van der Waals surface area contributed by atoms with Gasteiger partial charge < -0.3 is 29.7 Å². The number of esters is 1. The minimum atomic E-state index is -5.05. The van der Waals surface area contributed by atoms with E-state index in [0.717, 1.165) is 5.56 Å². The van der Waals surface area contributed by atoms with Gasteiger partial charge in [-0.2, -0.15) is 13.2 Å². The number of aromatic nitrogens is 1. The number of amides is 3.